The minimum atomic E-state index is -5.01. The molecule has 0 saturated carbocycles. The Hall–Kier alpha value is -2.71. The molecule has 0 amide bonds. The number of nitrogens with zero attached hydrogens (tertiary/aromatic N) is 2. The molecule has 0 N–H and O–H groups in total. The zero-order chi connectivity index (χ0) is 31.8. The Kier molecular flexibility index (Phi) is 9.90. The van der Waals surface area contributed by atoms with Crippen LogP contribution in [0, 0.1) is 0 Å². The van der Waals surface area contributed by atoms with Crippen LogP contribution in [0.2, 0.25) is 5.02 Å². The maximum absolute atomic E-state index is 14.4. The molecule has 5 rings (SSSR count). The number of allylic oxidation sites excluding steroid dienone is 1. The zero-order valence-electron chi connectivity index (χ0n) is 22.4. The summed E-state index contributed by atoms with van der Waals surface area (Å²) >= 11 is 17.2. The maximum atomic E-state index is 14.4. The van der Waals surface area contributed by atoms with E-state index in [1.54, 1.807) is 12.1 Å². The molecule has 1 aliphatic heterocycles. The van der Waals surface area contributed by atoms with E-state index in [4.69, 9.17) is 21.1 Å². The molecule has 4 aromatic rings. The van der Waals surface area contributed by atoms with Gasteiger partial charge < -0.3 is 9.47 Å². The summed E-state index contributed by atoms with van der Waals surface area (Å²) in [4.78, 5) is 30.6. The molecule has 1 atom stereocenters. The first kappa shape index (κ1) is 32.7. The summed E-state index contributed by atoms with van der Waals surface area (Å²) in [5.74, 6) is -0.809. The van der Waals surface area contributed by atoms with Gasteiger partial charge in [0.25, 0.3) is 5.56 Å². The van der Waals surface area contributed by atoms with Gasteiger partial charge in [-0.25, -0.2) is 9.79 Å². The van der Waals surface area contributed by atoms with Gasteiger partial charge in [0.2, 0.25) is 0 Å². The molecule has 0 saturated heterocycles. The number of fused-ring (bicyclic) bond motifs is 1. The standard InChI is InChI=1S/C30H19Br3ClF3N2O4S/c1-2-42-28(41)23-24(16-5-9-20(34)10-6-16)39-27(40)22(44-29(39)38-26(23)30(35,36)37)12-17-11-19(32)13-21(33)25(17)43-14-15-3-7-18(31)8-4-15/h3-13,24H,2,14H2,1H3/b22-12-/t24-/m1/s1. The Morgan fingerprint density at radius 2 is 1.75 bits per heavy atom. The lowest BCUT2D eigenvalue weighted by atomic mass is 9.95. The van der Waals surface area contributed by atoms with E-state index in [1.807, 2.05) is 24.3 Å². The first-order chi connectivity index (χ1) is 20.9. The quantitative estimate of drug-likeness (QED) is 0.178. The van der Waals surface area contributed by atoms with Crippen LogP contribution in [0.5, 0.6) is 5.75 Å². The number of alkyl halides is 3. The van der Waals surface area contributed by atoms with E-state index in [0.717, 1.165) is 25.9 Å². The van der Waals surface area contributed by atoms with E-state index >= 15 is 0 Å². The number of hydrogen-bond donors (Lipinski definition) is 0. The van der Waals surface area contributed by atoms with E-state index in [2.05, 4.69) is 52.8 Å². The lowest BCUT2D eigenvalue weighted by Gasteiger charge is -2.26. The van der Waals surface area contributed by atoms with E-state index in [9.17, 15) is 22.8 Å². The first-order valence-electron chi connectivity index (χ1n) is 12.8. The molecule has 0 fully saturated rings. The highest BCUT2D eigenvalue weighted by Gasteiger charge is 2.45. The molecular weight excluding hydrogens is 817 g/mol. The second-order valence-electron chi connectivity index (χ2n) is 9.34. The van der Waals surface area contributed by atoms with Crippen LogP contribution in [0.4, 0.5) is 13.2 Å². The molecule has 228 valence electrons. The van der Waals surface area contributed by atoms with Gasteiger partial charge in [-0.3, -0.25) is 9.36 Å². The molecule has 0 unspecified atom stereocenters. The summed E-state index contributed by atoms with van der Waals surface area (Å²) in [6.45, 7) is 1.51. The smallest absolute Gasteiger partial charge is 0.434 e. The summed E-state index contributed by atoms with van der Waals surface area (Å²) < 4.78 is 57.6. The van der Waals surface area contributed by atoms with E-state index < -0.39 is 35.0 Å². The van der Waals surface area contributed by atoms with E-state index in [0.29, 0.717) is 25.3 Å². The first-order valence-corrected chi connectivity index (χ1v) is 16.4. The molecule has 1 aliphatic rings. The maximum Gasteiger partial charge on any atom is 0.434 e. The minimum Gasteiger partial charge on any atom is -0.487 e. The van der Waals surface area contributed by atoms with Crippen LogP contribution in [0.1, 0.15) is 29.7 Å². The summed E-state index contributed by atoms with van der Waals surface area (Å²) in [5.41, 5.74) is -1.26. The van der Waals surface area contributed by atoms with Gasteiger partial charge in [0, 0.05) is 19.5 Å². The number of rotatable bonds is 7. The van der Waals surface area contributed by atoms with Crippen molar-refractivity contribution in [2.45, 2.75) is 25.7 Å². The molecule has 0 spiro atoms. The van der Waals surface area contributed by atoms with Gasteiger partial charge in [0.15, 0.2) is 10.5 Å². The fraction of sp³-hybridized carbons (Fsp3) is 0.167. The van der Waals surface area contributed by atoms with Crippen molar-refractivity contribution >= 4 is 82.8 Å². The van der Waals surface area contributed by atoms with Crippen LogP contribution >= 0.6 is 70.7 Å². The van der Waals surface area contributed by atoms with Crippen molar-refractivity contribution < 1.29 is 27.4 Å². The van der Waals surface area contributed by atoms with Crippen LogP contribution in [-0.4, -0.2) is 23.3 Å². The fourth-order valence-electron chi connectivity index (χ4n) is 4.52. The van der Waals surface area contributed by atoms with Crippen molar-refractivity contribution in [3.63, 3.8) is 0 Å². The number of benzene rings is 3. The van der Waals surface area contributed by atoms with Crippen molar-refractivity contribution in [1.82, 2.24) is 4.57 Å². The number of halogens is 7. The average Bonchev–Trinajstić information content (AvgIpc) is 3.27. The number of aromatic nitrogens is 1. The molecule has 6 nitrogen and oxygen atoms in total. The monoisotopic (exact) mass is 832 g/mol. The molecule has 3 aromatic carbocycles. The fourth-order valence-corrected chi connectivity index (χ4v) is 7.27. The molecule has 1 aromatic heterocycles. The molecular formula is C30H19Br3ClF3N2O4S. The molecule has 2 heterocycles. The topological polar surface area (TPSA) is 69.9 Å². The van der Waals surface area contributed by atoms with Crippen LogP contribution < -0.4 is 19.6 Å². The second kappa shape index (κ2) is 13.3. The third-order valence-electron chi connectivity index (χ3n) is 6.40. The molecule has 0 radical (unpaired) electrons. The Bertz CT molecular complexity index is 1960. The summed E-state index contributed by atoms with van der Waals surface area (Å²) in [6.07, 6.45) is -3.48. The Labute approximate surface area is 282 Å². The largest absolute Gasteiger partial charge is 0.487 e. The predicted molar refractivity (Wildman–Crippen MR) is 173 cm³/mol. The number of thiazole rings is 1. The average molecular weight is 836 g/mol. The summed E-state index contributed by atoms with van der Waals surface area (Å²) in [6, 6.07) is 15.4. The normalized spacial score (nSPS) is 15.2. The van der Waals surface area contributed by atoms with Crippen molar-refractivity contribution in [3.05, 3.63) is 127 Å². The van der Waals surface area contributed by atoms with Crippen molar-refractivity contribution in [3.8, 4) is 5.75 Å². The lowest BCUT2D eigenvalue weighted by Crippen LogP contribution is -2.41. The van der Waals surface area contributed by atoms with Gasteiger partial charge >= 0.3 is 12.1 Å². The lowest BCUT2D eigenvalue weighted by molar-refractivity contribution is -0.140. The molecule has 0 bridgehead atoms. The molecule has 0 aliphatic carbocycles. The third-order valence-corrected chi connectivity index (χ3v) is 9.21. The predicted octanol–water partition coefficient (Wildman–Crippen LogP) is 7.86. The Morgan fingerprint density at radius 1 is 1.07 bits per heavy atom. The van der Waals surface area contributed by atoms with Crippen molar-refractivity contribution in [1.29, 1.82) is 0 Å². The van der Waals surface area contributed by atoms with Gasteiger partial charge in [-0.2, -0.15) is 13.2 Å². The SMILES string of the molecule is CCOC(=O)C1=C(C(F)(F)F)N=c2s/c(=C\c3cc(Br)cc(Br)c3OCc3ccc(Br)cc3)c(=O)n2[C@@H]1c1ccc(Cl)cc1. The highest BCUT2D eigenvalue weighted by molar-refractivity contribution is 9.11. The summed E-state index contributed by atoms with van der Waals surface area (Å²) in [7, 11) is 0. The second-order valence-corrected chi connectivity index (χ2v) is 13.5. The zero-order valence-corrected chi connectivity index (χ0v) is 28.8. The number of hydrogen-bond acceptors (Lipinski definition) is 6. The number of ether oxygens (including phenoxy) is 2. The van der Waals surface area contributed by atoms with Crippen LogP contribution in [-0.2, 0) is 16.1 Å². The highest BCUT2D eigenvalue weighted by Crippen LogP contribution is 2.39. The third kappa shape index (κ3) is 6.91. The Morgan fingerprint density at radius 3 is 2.39 bits per heavy atom. The summed E-state index contributed by atoms with van der Waals surface area (Å²) in [5, 5.41) is 0.328. The number of carbonyl (C=O) groups is 1. The van der Waals surface area contributed by atoms with Gasteiger partial charge in [0.1, 0.15) is 12.4 Å². The van der Waals surface area contributed by atoms with Gasteiger partial charge in [0.05, 0.1) is 27.2 Å². The molecule has 14 heteroatoms. The van der Waals surface area contributed by atoms with Gasteiger partial charge in [-0.05, 0) is 76.5 Å². The Balaban J connectivity index is 1.71. The van der Waals surface area contributed by atoms with Crippen molar-refractivity contribution in [2.24, 2.45) is 4.99 Å². The highest BCUT2D eigenvalue weighted by atomic mass is 79.9. The molecule has 44 heavy (non-hydrogen) atoms. The van der Waals surface area contributed by atoms with Gasteiger partial charge in [-0.15, -0.1) is 0 Å². The van der Waals surface area contributed by atoms with Crippen molar-refractivity contribution in [2.75, 3.05) is 6.61 Å². The van der Waals surface area contributed by atoms with E-state index in [-0.39, 0.29) is 28.1 Å². The minimum absolute atomic E-state index is 0.0767. The van der Waals surface area contributed by atoms with Crippen LogP contribution in [0.25, 0.3) is 6.08 Å². The van der Waals surface area contributed by atoms with E-state index in [1.165, 1.54) is 37.3 Å². The van der Waals surface area contributed by atoms with Gasteiger partial charge in [-0.1, -0.05) is 79.1 Å². The van der Waals surface area contributed by atoms with Crippen LogP contribution in [0.3, 0.4) is 0 Å². The number of esters is 1. The number of carbonyl (C=O) groups excluding carboxylic acids is 1. The van der Waals surface area contributed by atoms with Crippen LogP contribution in [0.15, 0.2) is 95.1 Å².